The summed E-state index contributed by atoms with van der Waals surface area (Å²) in [6.45, 7) is 5.14. The van der Waals surface area contributed by atoms with Crippen molar-refractivity contribution in [3.63, 3.8) is 0 Å². The summed E-state index contributed by atoms with van der Waals surface area (Å²) >= 11 is 1.76. The van der Waals surface area contributed by atoms with E-state index in [1.54, 1.807) is 11.8 Å². The van der Waals surface area contributed by atoms with Crippen LogP contribution in [0.4, 0.5) is 5.82 Å². The summed E-state index contributed by atoms with van der Waals surface area (Å²) < 4.78 is 5.63. The van der Waals surface area contributed by atoms with Crippen molar-refractivity contribution in [2.75, 3.05) is 24.7 Å². The molecule has 0 amide bonds. The monoisotopic (exact) mass is 267 g/mol. The smallest absolute Gasteiger partial charge is 0.134 e. The number of aromatic nitrogens is 2. The molecule has 18 heavy (non-hydrogen) atoms. The molecule has 1 N–H and O–H groups in total. The van der Waals surface area contributed by atoms with Crippen molar-refractivity contribution in [1.29, 1.82) is 0 Å². The first kappa shape index (κ1) is 13.6. The highest BCUT2D eigenvalue weighted by Crippen LogP contribution is 2.25. The molecule has 0 aliphatic carbocycles. The standard InChI is InChI=1S/C13H21N3OS/c1-9(2)13-15-11(14-3)7-12(16-13)18-8-10-5-4-6-17-10/h7,9-10H,4-6,8H2,1-3H3,(H,14,15,16). The molecule has 2 heterocycles. The van der Waals surface area contributed by atoms with Crippen molar-refractivity contribution in [3.8, 4) is 0 Å². The Kier molecular flexibility index (Phi) is 4.83. The highest BCUT2D eigenvalue weighted by molar-refractivity contribution is 7.99. The summed E-state index contributed by atoms with van der Waals surface area (Å²) in [7, 11) is 1.89. The lowest BCUT2D eigenvalue weighted by molar-refractivity contribution is 0.129. The van der Waals surface area contributed by atoms with Gasteiger partial charge in [0.25, 0.3) is 0 Å². The summed E-state index contributed by atoms with van der Waals surface area (Å²) in [5.74, 6) is 3.12. The predicted octanol–water partition coefficient (Wildman–Crippen LogP) is 2.91. The molecule has 1 saturated heterocycles. The van der Waals surface area contributed by atoms with Crippen LogP contribution < -0.4 is 5.32 Å². The van der Waals surface area contributed by atoms with Gasteiger partial charge in [-0.3, -0.25) is 0 Å². The Bertz CT molecular complexity index is 392. The molecule has 1 aliphatic rings. The lowest BCUT2D eigenvalue weighted by Crippen LogP contribution is -2.09. The van der Waals surface area contributed by atoms with Gasteiger partial charge in [-0.05, 0) is 12.8 Å². The predicted molar refractivity (Wildman–Crippen MR) is 75.4 cm³/mol. The van der Waals surface area contributed by atoms with Gasteiger partial charge < -0.3 is 10.1 Å². The van der Waals surface area contributed by atoms with Gasteiger partial charge in [0.1, 0.15) is 16.7 Å². The fourth-order valence-electron chi connectivity index (χ4n) is 1.86. The van der Waals surface area contributed by atoms with E-state index in [0.717, 1.165) is 29.0 Å². The van der Waals surface area contributed by atoms with E-state index in [4.69, 9.17) is 4.74 Å². The quantitative estimate of drug-likeness (QED) is 0.656. The topological polar surface area (TPSA) is 47.0 Å². The van der Waals surface area contributed by atoms with Crippen molar-refractivity contribution >= 4 is 17.6 Å². The van der Waals surface area contributed by atoms with Gasteiger partial charge in [-0.15, -0.1) is 11.8 Å². The lowest BCUT2D eigenvalue weighted by Gasteiger charge is -2.11. The summed E-state index contributed by atoms with van der Waals surface area (Å²) in [5.41, 5.74) is 0. The fraction of sp³-hybridized carbons (Fsp3) is 0.692. The Balaban J connectivity index is 2.03. The van der Waals surface area contributed by atoms with E-state index in [2.05, 4.69) is 29.1 Å². The summed E-state index contributed by atoms with van der Waals surface area (Å²) in [4.78, 5) is 9.06. The van der Waals surface area contributed by atoms with Crippen molar-refractivity contribution in [1.82, 2.24) is 9.97 Å². The number of hydrogen-bond acceptors (Lipinski definition) is 5. The summed E-state index contributed by atoms with van der Waals surface area (Å²) in [6, 6.07) is 2.01. The third-order valence-corrected chi connectivity index (χ3v) is 3.98. The van der Waals surface area contributed by atoms with Gasteiger partial charge >= 0.3 is 0 Å². The zero-order valence-corrected chi connectivity index (χ0v) is 12.1. The average Bonchev–Trinajstić information content (AvgIpc) is 2.89. The molecule has 2 rings (SSSR count). The summed E-state index contributed by atoms with van der Waals surface area (Å²) in [6.07, 6.45) is 2.76. The maximum atomic E-state index is 5.63. The van der Waals surface area contributed by atoms with Gasteiger partial charge in [0.15, 0.2) is 0 Å². The Hall–Kier alpha value is -0.810. The maximum absolute atomic E-state index is 5.63. The third-order valence-electron chi connectivity index (χ3n) is 2.93. The second-order valence-corrected chi connectivity index (χ2v) is 5.84. The molecule has 0 aromatic carbocycles. The molecule has 1 aliphatic heterocycles. The second-order valence-electron chi connectivity index (χ2n) is 4.80. The Morgan fingerprint density at radius 1 is 1.50 bits per heavy atom. The Labute approximate surface area is 113 Å². The minimum Gasteiger partial charge on any atom is -0.377 e. The SMILES string of the molecule is CNc1cc(SCC2CCCO2)nc(C(C)C)n1. The van der Waals surface area contributed by atoms with E-state index < -0.39 is 0 Å². The van der Waals surface area contributed by atoms with Crippen LogP contribution in [0.15, 0.2) is 11.1 Å². The van der Waals surface area contributed by atoms with E-state index in [-0.39, 0.29) is 0 Å². The van der Waals surface area contributed by atoms with Crippen LogP contribution in [-0.2, 0) is 4.74 Å². The van der Waals surface area contributed by atoms with E-state index in [0.29, 0.717) is 12.0 Å². The van der Waals surface area contributed by atoms with E-state index in [9.17, 15) is 0 Å². The number of anilines is 1. The van der Waals surface area contributed by atoms with E-state index >= 15 is 0 Å². The largest absolute Gasteiger partial charge is 0.377 e. The first-order chi connectivity index (χ1) is 8.69. The zero-order chi connectivity index (χ0) is 13.0. The molecule has 100 valence electrons. The van der Waals surface area contributed by atoms with Crippen molar-refractivity contribution in [2.24, 2.45) is 0 Å². The molecule has 1 unspecified atom stereocenters. The van der Waals surface area contributed by atoms with E-state index in [1.165, 1.54) is 12.8 Å². The van der Waals surface area contributed by atoms with Crippen LogP contribution in [0.3, 0.4) is 0 Å². The number of nitrogens with one attached hydrogen (secondary N) is 1. The van der Waals surface area contributed by atoms with Crippen LogP contribution in [0.5, 0.6) is 0 Å². The molecule has 0 radical (unpaired) electrons. The van der Waals surface area contributed by atoms with Crippen LogP contribution in [0.2, 0.25) is 0 Å². The number of hydrogen-bond donors (Lipinski definition) is 1. The number of ether oxygens (including phenoxy) is 1. The van der Waals surface area contributed by atoms with Crippen LogP contribution in [0.1, 0.15) is 38.4 Å². The average molecular weight is 267 g/mol. The van der Waals surface area contributed by atoms with Gasteiger partial charge in [-0.2, -0.15) is 0 Å². The van der Waals surface area contributed by atoms with Crippen molar-refractivity contribution in [3.05, 3.63) is 11.9 Å². The lowest BCUT2D eigenvalue weighted by atomic mass is 10.2. The Morgan fingerprint density at radius 2 is 2.33 bits per heavy atom. The molecule has 1 fully saturated rings. The fourth-order valence-corrected chi connectivity index (χ4v) is 2.83. The molecule has 1 atom stereocenters. The normalized spacial score (nSPS) is 19.4. The van der Waals surface area contributed by atoms with Crippen LogP contribution in [-0.4, -0.2) is 35.5 Å². The highest BCUT2D eigenvalue weighted by atomic mass is 32.2. The molecule has 0 spiro atoms. The van der Waals surface area contributed by atoms with Crippen LogP contribution >= 0.6 is 11.8 Å². The number of thioether (sulfide) groups is 1. The first-order valence-electron chi connectivity index (χ1n) is 6.50. The minimum absolute atomic E-state index is 0.348. The summed E-state index contributed by atoms with van der Waals surface area (Å²) in [5, 5.41) is 4.13. The minimum atomic E-state index is 0.348. The molecular weight excluding hydrogens is 246 g/mol. The van der Waals surface area contributed by atoms with E-state index in [1.807, 2.05) is 13.1 Å². The molecule has 0 saturated carbocycles. The van der Waals surface area contributed by atoms with Gasteiger partial charge in [0, 0.05) is 31.4 Å². The second kappa shape index (κ2) is 6.38. The third kappa shape index (κ3) is 3.59. The number of nitrogens with zero attached hydrogens (tertiary/aromatic N) is 2. The van der Waals surface area contributed by atoms with Gasteiger partial charge in [-0.1, -0.05) is 13.8 Å². The molecule has 1 aromatic heterocycles. The van der Waals surface area contributed by atoms with Gasteiger partial charge in [0.05, 0.1) is 6.10 Å². The first-order valence-corrected chi connectivity index (χ1v) is 7.48. The number of rotatable bonds is 5. The Morgan fingerprint density at radius 3 is 2.94 bits per heavy atom. The molecule has 4 nitrogen and oxygen atoms in total. The van der Waals surface area contributed by atoms with Crippen molar-refractivity contribution < 1.29 is 4.74 Å². The maximum Gasteiger partial charge on any atom is 0.134 e. The molecule has 1 aromatic rings. The molecule has 0 bridgehead atoms. The van der Waals surface area contributed by atoms with Crippen LogP contribution in [0, 0.1) is 0 Å². The molecular formula is C13H21N3OS. The molecule has 5 heteroatoms. The zero-order valence-electron chi connectivity index (χ0n) is 11.3. The van der Waals surface area contributed by atoms with Crippen LogP contribution in [0.25, 0.3) is 0 Å². The van der Waals surface area contributed by atoms with Gasteiger partial charge in [0.2, 0.25) is 0 Å². The van der Waals surface area contributed by atoms with Gasteiger partial charge in [-0.25, -0.2) is 9.97 Å². The van der Waals surface area contributed by atoms with Crippen molar-refractivity contribution in [2.45, 2.75) is 43.7 Å². The highest BCUT2D eigenvalue weighted by Gasteiger charge is 2.16.